The zero-order valence-electron chi connectivity index (χ0n) is 14.2. The zero-order valence-corrected chi connectivity index (χ0v) is 14.2. The first-order valence-corrected chi connectivity index (χ1v) is 7.36. The third kappa shape index (κ3) is 3.38. The fraction of sp³-hybridized carbons (Fsp3) is 0.875. The Hall–Kier alpha value is -1.12. The van der Waals surface area contributed by atoms with Gasteiger partial charge in [0.15, 0.2) is 5.92 Å². The minimum atomic E-state index is -1.76. The quantitative estimate of drug-likeness (QED) is 0.810. The molecule has 0 bridgehead atoms. The molecule has 1 aliphatic heterocycles. The monoisotopic (exact) mass is 296 g/mol. The molecule has 21 heavy (non-hydrogen) atoms. The normalized spacial score (nSPS) is 30.6. The maximum atomic E-state index is 12.5. The second kappa shape index (κ2) is 5.58. The summed E-state index contributed by atoms with van der Waals surface area (Å²) < 4.78 is 5.24. The molecule has 1 heterocycles. The number of likely N-dealkylation sites (tertiary alicyclic amines) is 1. The number of nitrogens with zero attached hydrogens (tertiary/aromatic N) is 2. The minimum absolute atomic E-state index is 0.0681. The first-order valence-electron chi connectivity index (χ1n) is 7.36. The van der Waals surface area contributed by atoms with Gasteiger partial charge in [-0.15, -0.1) is 0 Å². The van der Waals surface area contributed by atoms with Gasteiger partial charge in [-0.1, -0.05) is 41.5 Å². The molecule has 1 rings (SSSR count). The number of amides is 1. The van der Waals surface area contributed by atoms with Crippen LogP contribution < -0.4 is 0 Å². The van der Waals surface area contributed by atoms with Crippen LogP contribution in [0.3, 0.4) is 0 Å². The number of carbonyl (C=O) groups excluding carboxylic acids is 1. The van der Waals surface area contributed by atoms with Gasteiger partial charge in [0.05, 0.1) is 12.1 Å². The van der Waals surface area contributed by atoms with Crippen LogP contribution in [0, 0.1) is 28.1 Å². The second-order valence-corrected chi connectivity index (χ2v) is 8.13. The van der Waals surface area contributed by atoms with E-state index in [2.05, 4.69) is 20.8 Å². The first kappa shape index (κ1) is 17.9. The van der Waals surface area contributed by atoms with Crippen molar-refractivity contribution in [1.82, 2.24) is 4.90 Å². The Morgan fingerprint density at radius 1 is 1.33 bits per heavy atom. The fourth-order valence-corrected chi connectivity index (χ4v) is 3.01. The van der Waals surface area contributed by atoms with E-state index in [4.69, 9.17) is 4.74 Å². The molecule has 1 amide bonds. The second-order valence-electron chi connectivity index (χ2n) is 8.13. The van der Waals surface area contributed by atoms with Gasteiger partial charge < -0.3 is 14.7 Å². The van der Waals surface area contributed by atoms with E-state index in [0.717, 1.165) is 6.42 Å². The molecule has 0 aromatic rings. The first-order chi connectivity index (χ1) is 9.38. The molecule has 120 valence electrons. The number of nitriles is 1. The number of hydrogen-bond acceptors (Lipinski definition) is 4. The number of aliphatic hydroxyl groups is 1. The summed E-state index contributed by atoms with van der Waals surface area (Å²) in [7, 11) is 1.35. The van der Waals surface area contributed by atoms with E-state index >= 15 is 0 Å². The molecule has 1 saturated heterocycles. The number of carbonyl (C=O) groups is 1. The topological polar surface area (TPSA) is 73.6 Å². The van der Waals surface area contributed by atoms with Gasteiger partial charge in [-0.05, 0) is 17.3 Å². The van der Waals surface area contributed by atoms with Crippen LogP contribution in [0.25, 0.3) is 0 Å². The van der Waals surface area contributed by atoms with Gasteiger partial charge in [0.25, 0.3) is 0 Å². The highest BCUT2D eigenvalue weighted by Gasteiger charge is 2.63. The highest BCUT2D eigenvalue weighted by Crippen LogP contribution is 2.44. The molecule has 5 heteroatoms. The summed E-state index contributed by atoms with van der Waals surface area (Å²) in [6.07, 6.45) is 0.795. The van der Waals surface area contributed by atoms with Crippen molar-refractivity contribution < 1.29 is 14.6 Å². The highest BCUT2D eigenvalue weighted by atomic mass is 16.6. The molecule has 3 atom stereocenters. The van der Waals surface area contributed by atoms with Crippen LogP contribution >= 0.6 is 0 Å². The van der Waals surface area contributed by atoms with Crippen LogP contribution in [0.4, 0.5) is 0 Å². The lowest BCUT2D eigenvalue weighted by Gasteiger charge is -2.42. The molecule has 0 saturated carbocycles. The van der Waals surface area contributed by atoms with Crippen molar-refractivity contribution in [3.05, 3.63) is 0 Å². The average molecular weight is 296 g/mol. The molecule has 0 aliphatic carbocycles. The number of hydrogen-bond donors (Lipinski definition) is 1. The Balaban J connectivity index is 3.21. The summed E-state index contributed by atoms with van der Waals surface area (Å²) in [5, 5.41) is 20.1. The minimum Gasteiger partial charge on any atom is -0.362 e. The molecule has 5 nitrogen and oxygen atoms in total. The van der Waals surface area contributed by atoms with Gasteiger partial charge in [0.2, 0.25) is 11.7 Å². The largest absolute Gasteiger partial charge is 0.362 e. The van der Waals surface area contributed by atoms with Gasteiger partial charge in [-0.2, -0.15) is 5.26 Å². The van der Waals surface area contributed by atoms with Crippen LogP contribution in [0.15, 0.2) is 0 Å². The van der Waals surface area contributed by atoms with E-state index in [1.165, 1.54) is 7.11 Å². The van der Waals surface area contributed by atoms with Crippen molar-refractivity contribution in [2.45, 2.75) is 59.8 Å². The van der Waals surface area contributed by atoms with Crippen LogP contribution in [0.5, 0.6) is 0 Å². The Labute approximate surface area is 127 Å². The van der Waals surface area contributed by atoms with Crippen LogP contribution in [0.2, 0.25) is 0 Å². The number of methoxy groups -OCH3 is 1. The lowest BCUT2D eigenvalue weighted by Crippen LogP contribution is -2.55. The smallest absolute Gasteiger partial charge is 0.246 e. The molecule has 0 spiro atoms. The molecule has 3 unspecified atom stereocenters. The highest BCUT2D eigenvalue weighted by molar-refractivity contribution is 5.86. The summed E-state index contributed by atoms with van der Waals surface area (Å²) >= 11 is 0. The summed E-state index contributed by atoms with van der Waals surface area (Å²) in [6, 6.07) is 1.37. The van der Waals surface area contributed by atoms with Gasteiger partial charge in [0, 0.05) is 13.7 Å². The van der Waals surface area contributed by atoms with Gasteiger partial charge in [0.1, 0.15) is 0 Å². The molecule has 0 aromatic carbocycles. The Morgan fingerprint density at radius 2 is 1.86 bits per heavy atom. The third-order valence-corrected chi connectivity index (χ3v) is 4.03. The summed E-state index contributed by atoms with van der Waals surface area (Å²) in [5.74, 6) is -3.28. The SMILES string of the molecule is COC1(O)C(C#N)C(=O)N(CCC(C)(C)C)C1C(C)(C)C. The van der Waals surface area contributed by atoms with Crippen molar-refractivity contribution in [3.8, 4) is 6.07 Å². The molecule has 1 fully saturated rings. The lowest BCUT2D eigenvalue weighted by molar-refractivity contribution is -0.230. The van der Waals surface area contributed by atoms with Crippen LogP contribution in [-0.4, -0.2) is 41.4 Å². The van der Waals surface area contributed by atoms with Crippen LogP contribution in [-0.2, 0) is 9.53 Å². The van der Waals surface area contributed by atoms with Crippen molar-refractivity contribution >= 4 is 5.91 Å². The molecule has 1 aliphatic rings. The maximum absolute atomic E-state index is 12.5. The lowest BCUT2D eigenvalue weighted by atomic mass is 9.79. The molecular formula is C16H28N2O3. The predicted octanol–water partition coefficient (Wildman–Crippen LogP) is 2.15. The summed E-state index contributed by atoms with van der Waals surface area (Å²) in [6.45, 7) is 12.6. The van der Waals surface area contributed by atoms with Gasteiger partial charge in [-0.25, -0.2) is 0 Å². The van der Waals surface area contributed by atoms with E-state index in [9.17, 15) is 15.2 Å². The Bertz CT molecular complexity index is 442. The summed E-state index contributed by atoms with van der Waals surface area (Å²) in [5.41, 5.74) is -0.331. The van der Waals surface area contributed by atoms with Gasteiger partial charge in [-0.3, -0.25) is 4.79 Å². The van der Waals surface area contributed by atoms with Crippen LogP contribution in [0.1, 0.15) is 48.0 Å². The Kier molecular flexibility index (Phi) is 4.77. The van der Waals surface area contributed by atoms with E-state index < -0.39 is 23.2 Å². The molecular weight excluding hydrogens is 268 g/mol. The van der Waals surface area contributed by atoms with Crippen molar-refractivity contribution in [2.24, 2.45) is 16.7 Å². The fourth-order valence-electron chi connectivity index (χ4n) is 3.01. The van der Waals surface area contributed by atoms with Crippen molar-refractivity contribution in [1.29, 1.82) is 5.26 Å². The summed E-state index contributed by atoms with van der Waals surface area (Å²) in [4.78, 5) is 14.2. The van der Waals surface area contributed by atoms with Crippen molar-refractivity contribution in [3.63, 3.8) is 0 Å². The Morgan fingerprint density at radius 3 is 2.19 bits per heavy atom. The molecule has 1 N–H and O–H groups in total. The molecule has 0 radical (unpaired) electrons. The van der Waals surface area contributed by atoms with E-state index in [1.807, 2.05) is 26.8 Å². The van der Waals surface area contributed by atoms with E-state index in [0.29, 0.717) is 6.54 Å². The van der Waals surface area contributed by atoms with Gasteiger partial charge >= 0.3 is 0 Å². The zero-order chi connectivity index (χ0) is 16.6. The predicted molar refractivity (Wildman–Crippen MR) is 80.1 cm³/mol. The van der Waals surface area contributed by atoms with E-state index in [1.54, 1.807) is 4.90 Å². The number of rotatable bonds is 3. The van der Waals surface area contributed by atoms with E-state index in [-0.39, 0.29) is 11.3 Å². The third-order valence-electron chi connectivity index (χ3n) is 4.03. The van der Waals surface area contributed by atoms with Crippen molar-refractivity contribution in [2.75, 3.05) is 13.7 Å². The molecule has 0 aromatic heterocycles. The average Bonchev–Trinajstić information content (AvgIpc) is 2.53. The maximum Gasteiger partial charge on any atom is 0.246 e. The standard InChI is InChI=1S/C16H28N2O3/c1-14(2,3)8-9-18-12(19)11(10-17)16(20,21-7)13(18)15(4,5)6/h11,13,20H,8-9H2,1-7H3. The number of ether oxygens (including phenoxy) is 1.